The van der Waals surface area contributed by atoms with Crippen LogP contribution in [0, 0.1) is 6.92 Å². The highest BCUT2D eigenvalue weighted by molar-refractivity contribution is 5.80. The maximum absolute atomic E-state index is 12.0. The summed E-state index contributed by atoms with van der Waals surface area (Å²) in [5.74, 6) is 0.204. The molecule has 2 rings (SSSR count). The molecule has 2 aromatic rings. The van der Waals surface area contributed by atoms with Gasteiger partial charge in [-0.15, -0.1) is 0 Å². The first kappa shape index (κ1) is 14.2. The topological polar surface area (TPSA) is 75.3 Å². The smallest absolute Gasteiger partial charge is 0.319 e. The van der Waals surface area contributed by atoms with Crippen molar-refractivity contribution in [3.63, 3.8) is 0 Å². The summed E-state index contributed by atoms with van der Waals surface area (Å²) in [5, 5.41) is 0.573. The van der Waals surface area contributed by atoms with Gasteiger partial charge in [0.2, 0.25) is 0 Å². The Labute approximate surface area is 116 Å². The van der Waals surface area contributed by atoms with Gasteiger partial charge in [-0.05, 0) is 25.6 Å². The number of likely N-dealkylation sites (N-methyl/N-ethyl adjacent to an activating group) is 1. The predicted octanol–water partition coefficient (Wildman–Crippen LogP) is 0.836. The molecule has 0 aliphatic carbocycles. The molecule has 0 fully saturated rings. The number of aryl methyl sites for hydroxylation is 1. The fourth-order valence-electron chi connectivity index (χ4n) is 2.02. The van der Waals surface area contributed by atoms with E-state index in [9.17, 15) is 9.59 Å². The van der Waals surface area contributed by atoms with Crippen LogP contribution in [0.15, 0.2) is 23.0 Å². The molecule has 0 unspecified atom stereocenters. The standard InChI is InChI=1S/C14H17N3O3/c1-9-5-4-6-10-13(9)15-11(16-14(10)19)7-17(2)8-12(18)20-3/h4-6H,7-8H2,1-3H3,(H,15,16,19). The lowest BCUT2D eigenvalue weighted by Crippen LogP contribution is -2.28. The number of para-hydroxylation sites is 1. The molecule has 0 amide bonds. The minimum absolute atomic E-state index is 0.145. The highest BCUT2D eigenvalue weighted by Gasteiger charge is 2.10. The Kier molecular flexibility index (Phi) is 4.14. The van der Waals surface area contributed by atoms with Gasteiger partial charge in [0, 0.05) is 0 Å². The predicted molar refractivity (Wildman–Crippen MR) is 75.5 cm³/mol. The number of nitrogens with zero attached hydrogens (tertiary/aromatic N) is 2. The second-order valence-electron chi connectivity index (χ2n) is 4.73. The van der Waals surface area contributed by atoms with Gasteiger partial charge in [0.25, 0.3) is 5.56 Å². The minimum Gasteiger partial charge on any atom is -0.468 e. The second-order valence-corrected chi connectivity index (χ2v) is 4.73. The lowest BCUT2D eigenvalue weighted by atomic mass is 10.1. The Morgan fingerprint density at radius 3 is 2.90 bits per heavy atom. The van der Waals surface area contributed by atoms with Crippen LogP contribution in [0.1, 0.15) is 11.4 Å². The summed E-state index contributed by atoms with van der Waals surface area (Å²) in [7, 11) is 3.11. The van der Waals surface area contributed by atoms with E-state index in [0.29, 0.717) is 23.3 Å². The Morgan fingerprint density at radius 1 is 1.45 bits per heavy atom. The number of hydrogen-bond donors (Lipinski definition) is 1. The van der Waals surface area contributed by atoms with Crippen molar-refractivity contribution in [3.8, 4) is 0 Å². The largest absolute Gasteiger partial charge is 0.468 e. The minimum atomic E-state index is -0.327. The summed E-state index contributed by atoms with van der Waals surface area (Å²) in [6, 6.07) is 5.49. The van der Waals surface area contributed by atoms with Crippen molar-refractivity contribution in [1.29, 1.82) is 0 Å². The van der Waals surface area contributed by atoms with Gasteiger partial charge >= 0.3 is 5.97 Å². The molecule has 0 aliphatic heterocycles. The molecule has 1 aromatic heterocycles. The van der Waals surface area contributed by atoms with Crippen molar-refractivity contribution in [2.75, 3.05) is 20.7 Å². The van der Waals surface area contributed by atoms with Gasteiger partial charge in [-0.25, -0.2) is 4.98 Å². The quantitative estimate of drug-likeness (QED) is 0.837. The SMILES string of the molecule is COC(=O)CN(C)Cc1nc2c(C)cccc2c(=O)[nH]1. The van der Waals surface area contributed by atoms with E-state index in [-0.39, 0.29) is 18.1 Å². The van der Waals surface area contributed by atoms with Gasteiger partial charge in [0.1, 0.15) is 5.82 Å². The fourth-order valence-corrected chi connectivity index (χ4v) is 2.02. The van der Waals surface area contributed by atoms with E-state index in [1.54, 1.807) is 18.0 Å². The summed E-state index contributed by atoms with van der Waals surface area (Å²) in [4.78, 5) is 32.1. The van der Waals surface area contributed by atoms with Gasteiger partial charge in [-0.3, -0.25) is 14.5 Å². The number of ether oxygens (including phenoxy) is 1. The lowest BCUT2D eigenvalue weighted by Gasteiger charge is -2.14. The Morgan fingerprint density at radius 2 is 2.20 bits per heavy atom. The van der Waals surface area contributed by atoms with E-state index >= 15 is 0 Å². The second kappa shape index (κ2) is 5.83. The van der Waals surface area contributed by atoms with Crippen molar-refractivity contribution in [1.82, 2.24) is 14.9 Å². The summed E-state index contributed by atoms with van der Waals surface area (Å²) in [5.41, 5.74) is 1.48. The van der Waals surface area contributed by atoms with Crippen LogP contribution in [0.5, 0.6) is 0 Å². The summed E-state index contributed by atoms with van der Waals surface area (Å²) >= 11 is 0. The van der Waals surface area contributed by atoms with Crippen molar-refractivity contribution in [2.45, 2.75) is 13.5 Å². The first-order chi connectivity index (χ1) is 9.51. The average molecular weight is 275 g/mol. The van der Waals surface area contributed by atoms with Gasteiger partial charge < -0.3 is 9.72 Å². The number of methoxy groups -OCH3 is 1. The highest BCUT2D eigenvalue weighted by Crippen LogP contribution is 2.12. The van der Waals surface area contributed by atoms with Crippen molar-refractivity contribution < 1.29 is 9.53 Å². The number of hydrogen-bond acceptors (Lipinski definition) is 5. The van der Waals surface area contributed by atoms with Crippen LogP contribution in [0.2, 0.25) is 0 Å². The number of carbonyl (C=O) groups excluding carboxylic acids is 1. The van der Waals surface area contributed by atoms with Crippen LogP contribution in [0.25, 0.3) is 10.9 Å². The molecule has 20 heavy (non-hydrogen) atoms. The Bertz CT molecular complexity index is 694. The number of fused-ring (bicyclic) bond motifs is 1. The molecule has 106 valence electrons. The number of benzene rings is 1. The molecule has 6 nitrogen and oxygen atoms in total. The van der Waals surface area contributed by atoms with Crippen LogP contribution < -0.4 is 5.56 Å². The van der Waals surface area contributed by atoms with E-state index in [4.69, 9.17) is 0 Å². The molecular formula is C14H17N3O3. The molecule has 0 bridgehead atoms. The zero-order chi connectivity index (χ0) is 14.7. The van der Waals surface area contributed by atoms with Gasteiger partial charge in [0.05, 0.1) is 31.1 Å². The number of aromatic nitrogens is 2. The lowest BCUT2D eigenvalue weighted by molar-refractivity contribution is -0.141. The average Bonchev–Trinajstić information content (AvgIpc) is 2.40. The Balaban J connectivity index is 2.30. The third kappa shape index (κ3) is 3.03. The van der Waals surface area contributed by atoms with E-state index in [1.807, 2.05) is 19.1 Å². The summed E-state index contributed by atoms with van der Waals surface area (Å²) in [6.07, 6.45) is 0. The van der Waals surface area contributed by atoms with E-state index < -0.39 is 0 Å². The molecule has 0 saturated carbocycles. The zero-order valence-electron chi connectivity index (χ0n) is 11.8. The molecule has 1 N–H and O–H groups in total. The van der Waals surface area contributed by atoms with Gasteiger partial charge in [-0.1, -0.05) is 12.1 Å². The molecule has 1 aromatic carbocycles. The maximum Gasteiger partial charge on any atom is 0.319 e. The van der Waals surface area contributed by atoms with Crippen LogP contribution in [-0.4, -0.2) is 41.5 Å². The first-order valence-corrected chi connectivity index (χ1v) is 6.25. The number of nitrogens with one attached hydrogen (secondary N) is 1. The highest BCUT2D eigenvalue weighted by atomic mass is 16.5. The number of esters is 1. The zero-order valence-corrected chi connectivity index (χ0v) is 11.8. The third-order valence-corrected chi connectivity index (χ3v) is 3.03. The van der Waals surface area contributed by atoms with Crippen LogP contribution >= 0.6 is 0 Å². The monoisotopic (exact) mass is 275 g/mol. The number of rotatable bonds is 4. The maximum atomic E-state index is 12.0. The van der Waals surface area contributed by atoms with Crippen molar-refractivity contribution >= 4 is 16.9 Å². The molecule has 0 spiro atoms. The van der Waals surface area contributed by atoms with E-state index in [1.165, 1.54) is 7.11 Å². The Hall–Kier alpha value is -2.21. The molecular weight excluding hydrogens is 258 g/mol. The van der Waals surface area contributed by atoms with Crippen LogP contribution in [0.3, 0.4) is 0 Å². The molecule has 0 aliphatic rings. The van der Waals surface area contributed by atoms with Crippen molar-refractivity contribution in [2.24, 2.45) is 0 Å². The molecule has 0 atom stereocenters. The van der Waals surface area contributed by atoms with Crippen LogP contribution in [-0.2, 0) is 16.1 Å². The summed E-state index contributed by atoms with van der Waals surface area (Å²) < 4.78 is 4.60. The third-order valence-electron chi connectivity index (χ3n) is 3.03. The number of aromatic amines is 1. The summed E-state index contributed by atoms with van der Waals surface area (Å²) in [6.45, 7) is 2.43. The van der Waals surface area contributed by atoms with Crippen molar-refractivity contribution in [3.05, 3.63) is 39.9 Å². The first-order valence-electron chi connectivity index (χ1n) is 6.25. The molecule has 0 radical (unpaired) electrons. The number of H-pyrrole nitrogens is 1. The van der Waals surface area contributed by atoms with Gasteiger partial charge in [-0.2, -0.15) is 0 Å². The van der Waals surface area contributed by atoms with Gasteiger partial charge in [0.15, 0.2) is 0 Å². The molecule has 1 heterocycles. The molecule has 6 heteroatoms. The van der Waals surface area contributed by atoms with Crippen LogP contribution in [0.4, 0.5) is 0 Å². The normalized spacial score (nSPS) is 11.0. The number of carbonyl (C=O) groups is 1. The fraction of sp³-hybridized carbons (Fsp3) is 0.357. The van der Waals surface area contributed by atoms with E-state index in [0.717, 1.165) is 5.56 Å². The molecule has 0 saturated heterocycles. The van der Waals surface area contributed by atoms with E-state index in [2.05, 4.69) is 14.7 Å².